The number of hydrogen-bond acceptors (Lipinski definition) is 6. The maximum atomic E-state index is 13.9. The first kappa shape index (κ1) is 26.7. The second-order valence-electron chi connectivity index (χ2n) is 12.8. The molecule has 4 atom stereocenters. The molecule has 2 aliphatic heterocycles. The van der Waals surface area contributed by atoms with E-state index in [1.165, 1.54) is 51.4 Å². The molecule has 2 saturated carbocycles. The molecule has 4 fully saturated rings. The van der Waals surface area contributed by atoms with Crippen LogP contribution in [-0.2, 0) is 9.53 Å². The van der Waals surface area contributed by atoms with Gasteiger partial charge in [-0.05, 0) is 94.6 Å². The Hall–Kier alpha value is -2.54. The monoisotopic (exact) mass is 533 g/mol. The molecule has 0 radical (unpaired) electrons. The van der Waals surface area contributed by atoms with Crippen molar-refractivity contribution in [3.05, 3.63) is 40.3 Å². The third kappa shape index (κ3) is 5.31. The molecule has 1 aromatic heterocycles. The summed E-state index contributed by atoms with van der Waals surface area (Å²) in [7, 11) is 0. The van der Waals surface area contributed by atoms with E-state index in [4.69, 9.17) is 4.74 Å². The van der Waals surface area contributed by atoms with Crippen LogP contribution in [0.15, 0.2) is 29.1 Å². The van der Waals surface area contributed by atoms with Gasteiger partial charge in [-0.1, -0.05) is 25.5 Å². The summed E-state index contributed by atoms with van der Waals surface area (Å²) in [5.41, 5.74) is 1.13. The van der Waals surface area contributed by atoms with E-state index in [1.54, 1.807) is 6.92 Å². The standard InChI is InChI=1S/C32H43N3O4/c1-3-39-30(37)12-11-29(36)31-32(38)35(28-10-5-4-9-27(28)33-31)26-18-23-7-6-8-24(19-26)34(23)25-16-21-13-20(2)14-22(15-21)17-25/h4-5,9-10,20-26H,3,6-8,11-19H2,1-2H3. The number of carbonyl (C=O) groups is 2. The molecule has 2 saturated heterocycles. The highest BCUT2D eigenvalue weighted by molar-refractivity contribution is 5.97. The summed E-state index contributed by atoms with van der Waals surface area (Å²) >= 11 is 0. The van der Waals surface area contributed by atoms with Crippen LogP contribution in [0.1, 0.15) is 107 Å². The van der Waals surface area contributed by atoms with Crippen molar-refractivity contribution in [3.8, 4) is 0 Å². The largest absolute Gasteiger partial charge is 0.466 e. The first-order valence-corrected chi connectivity index (χ1v) is 15.4. The van der Waals surface area contributed by atoms with Crippen molar-refractivity contribution in [1.29, 1.82) is 0 Å². The number of esters is 1. The summed E-state index contributed by atoms with van der Waals surface area (Å²) in [6.45, 7) is 4.45. The Bertz CT molecular complexity index is 1260. The zero-order chi connectivity index (χ0) is 27.1. The van der Waals surface area contributed by atoms with Gasteiger partial charge in [-0.3, -0.25) is 19.3 Å². The summed E-state index contributed by atoms with van der Waals surface area (Å²) < 4.78 is 6.87. The average molecular weight is 534 g/mol. The van der Waals surface area contributed by atoms with Crippen LogP contribution in [0.2, 0.25) is 0 Å². The molecule has 0 amide bonds. The van der Waals surface area contributed by atoms with Crippen LogP contribution >= 0.6 is 0 Å². The van der Waals surface area contributed by atoms with E-state index in [0.717, 1.165) is 36.1 Å². The predicted octanol–water partition coefficient (Wildman–Crippen LogP) is 5.70. The number of ether oxygens (including phenoxy) is 1. The highest BCUT2D eigenvalue weighted by atomic mass is 16.5. The Balaban J connectivity index is 1.28. The van der Waals surface area contributed by atoms with E-state index in [1.807, 2.05) is 28.8 Å². The summed E-state index contributed by atoms with van der Waals surface area (Å²) in [4.78, 5) is 46.3. The molecule has 3 heterocycles. The molecule has 2 aliphatic carbocycles. The molecule has 39 heavy (non-hydrogen) atoms. The van der Waals surface area contributed by atoms with E-state index in [9.17, 15) is 14.4 Å². The second kappa shape index (κ2) is 11.1. The SMILES string of the molecule is CCOC(=O)CCC(=O)c1nc2ccccc2n(C2CC3CCCC(C2)N3C2CC3CC(C)CC(C3)C2)c1=O. The van der Waals surface area contributed by atoms with Crippen molar-refractivity contribution >= 4 is 22.8 Å². The smallest absolute Gasteiger partial charge is 0.306 e. The third-order valence-corrected chi connectivity index (χ3v) is 10.1. The Kier molecular flexibility index (Phi) is 7.62. The first-order chi connectivity index (χ1) is 18.9. The molecule has 7 nitrogen and oxygen atoms in total. The van der Waals surface area contributed by atoms with E-state index >= 15 is 0 Å². The van der Waals surface area contributed by atoms with Crippen LogP contribution < -0.4 is 5.56 Å². The zero-order valence-electron chi connectivity index (χ0n) is 23.5. The third-order valence-electron chi connectivity index (χ3n) is 10.1. The van der Waals surface area contributed by atoms with Crippen LogP contribution in [0.3, 0.4) is 0 Å². The van der Waals surface area contributed by atoms with Crippen molar-refractivity contribution in [2.24, 2.45) is 17.8 Å². The lowest BCUT2D eigenvalue weighted by Crippen LogP contribution is -2.59. The molecule has 4 aliphatic rings. The first-order valence-electron chi connectivity index (χ1n) is 15.4. The second-order valence-corrected chi connectivity index (χ2v) is 12.8. The lowest BCUT2D eigenvalue weighted by molar-refractivity contribution is -0.143. The number of ketones is 1. The quantitative estimate of drug-likeness (QED) is 0.336. The number of hydrogen-bond donors (Lipinski definition) is 0. The number of aromatic nitrogens is 2. The van der Waals surface area contributed by atoms with Crippen LogP contribution in [0, 0.1) is 17.8 Å². The van der Waals surface area contributed by atoms with Gasteiger partial charge in [0, 0.05) is 30.6 Å². The lowest BCUT2D eigenvalue weighted by atomic mass is 9.65. The average Bonchev–Trinajstić information content (AvgIpc) is 2.90. The van der Waals surface area contributed by atoms with Gasteiger partial charge in [-0.2, -0.15) is 0 Å². The van der Waals surface area contributed by atoms with Gasteiger partial charge in [0.2, 0.25) is 0 Å². The fourth-order valence-electron chi connectivity index (χ4n) is 8.85. The van der Waals surface area contributed by atoms with Gasteiger partial charge >= 0.3 is 5.97 Å². The highest BCUT2D eigenvalue weighted by Gasteiger charge is 2.46. The van der Waals surface area contributed by atoms with Crippen molar-refractivity contribution in [2.75, 3.05) is 6.61 Å². The minimum Gasteiger partial charge on any atom is -0.466 e. The van der Waals surface area contributed by atoms with Gasteiger partial charge in [-0.15, -0.1) is 0 Å². The molecule has 6 rings (SSSR count). The van der Waals surface area contributed by atoms with Crippen molar-refractivity contribution in [1.82, 2.24) is 14.5 Å². The Morgan fingerprint density at radius 3 is 2.28 bits per heavy atom. The van der Waals surface area contributed by atoms with Crippen LogP contribution in [0.25, 0.3) is 11.0 Å². The number of Topliss-reactive ketones (excluding diaryl/α,β-unsaturated/α-hetero) is 1. The van der Waals surface area contributed by atoms with Gasteiger partial charge in [0.15, 0.2) is 11.5 Å². The number of piperidine rings is 2. The van der Waals surface area contributed by atoms with Crippen molar-refractivity contribution < 1.29 is 14.3 Å². The minimum atomic E-state index is -0.423. The highest BCUT2D eigenvalue weighted by Crippen LogP contribution is 2.48. The molecule has 7 heteroatoms. The van der Waals surface area contributed by atoms with Crippen LogP contribution in [0.4, 0.5) is 0 Å². The lowest BCUT2D eigenvalue weighted by Gasteiger charge is -2.55. The summed E-state index contributed by atoms with van der Waals surface area (Å²) in [6.07, 6.45) is 12.3. The number of nitrogens with zero attached hydrogens (tertiary/aromatic N) is 3. The number of fused-ring (bicyclic) bond motifs is 5. The molecule has 0 spiro atoms. The van der Waals surface area contributed by atoms with Crippen molar-refractivity contribution in [3.63, 3.8) is 0 Å². The Morgan fingerprint density at radius 1 is 0.897 bits per heavy atom. The van der Waals surface area contributed by atoms with Gasteiger partial charge in [-0.25, -0.2) is 4.98 Å². The molecule has 210 valence electrons. The zero-order valence-corrected chi connectivity index (χ0v) is 23.5. The molecule has 4 bridgehead atoms. The molecule has 1 aromatic carbocycles. The van der Waals surface area contributed by atoms with Crippen LogP contribution in [0.5, 0.6) is 0 Å². The normalized spacial score (nSPS) is 32.6. The van der Waals surface area contributed by atoms with Gasteiger partial charge < -0.3 is 9.30 Å². The van der Waals surface area contributed by atoms with Gasteiger partial charge in [0.25, 0.3) is 5.56 Å². The Labute approximate surface area is 231 Å². The fourth-order valence-corrected chi connectivity index (χ4v) is 8.85. The van der Waals surface area contributed by atoms with Gasteiger partial charge in [0.05, 0.1) is 24.1 Å². The maximum Gasteiger partial charge on any atom is 0.306 e. The molecule has 2 aromatic rings. The predicted molar refractivity (Wildman–Crippen MR) is 151 cm³/mol. The number of benzene rings is 1. The van der Waals surface area contributed by atoms with Crippen molar-refractivity contribution in [2.45, 2.75) is 115 Å². The fraction of sp³-hybridized carbons (Fsp3) is 0.688. The molecule has 4 unspecified atom stereocenters. The summed E-state index contributed by atoms with van der Waals surface area (Å²) in [5.74, 6) is 1.83. The maximum absolute atomic E-state index is 13.9. The van der Waals surface area contributed by atoms with E-state index in [0.29, 0.717) is 23.6 Å². The number of para-hydroxylation sites is 2. The summed E-state index contributed by atoms with van der Waals surface area (Å²) in [5, 5.41) is 0. The minimum absolute atomic E-state index is 0.0364. The number of rotatable bonds is 7. The topological polar surface area (TPSA) is 81.5 Å². The summed E-state index contributed by atoms with van der Waals surface area (Å²) in [6, 6.07) is 9.40. The van der Waals surface area contributed by atoms with E-state index in [2.05, 4.69) is 16.8 Å². The van der Waals surface area contributed by atoms with E-state index < -0.39 is 5.97 Å². The van der Waals surface area contributed by atoms with Crippen LogP contribution in [-0.4, -0.2) is 50.9 Å². The molecule has 0 N–H and O–H groups in total. The number of carbonyl (C=O) groups excluding carboxylic acids is 2. The molecular weight excluding hydrogens is 490 g/mol. The van der Waals surface area contributed by atoms with Gasteiger partial charge in [0.1, 0.15) is 0 Å². The van der Waals surface area contributed by atoms with E-state index in [-0.39, 0.29) is 42.5 Å². The Morgan fingerprint density at radius 2 is 1.59 bits per heavy atom. The molecular formula is C32H43N3O4.